The summed E-state index contributed by atoms with van der Waals surface area (Å²) in [6.07, 6.45) is 4.62. The van der Waals surface area contributed by atoms with Crippen LogP contribution in [0.25, 0.3) is 0 Å². The lowest BCUT2D eigenvalue weighted by Crippen LogP contribution is -2.35. The fourth-order valence-corrected chi connectivity index (χ4v) is 2.22. The van der Waals surface area contributed by atoms with Crippen LogP contribution in [0, 0.1) is 5.82 Å². The van der Waals surface area contributed by atoms with Gasteiger partial charge in [-0.3, -0.25) is 0 Å². The summed E-state index contributed by atoms with van der Waals surface area (Å²) in [4.78, 5) is 0. The minimum absolute atomic E-state index is 0.268. The third-order valence-corrected chi connectivity index (χ3v) is 3.11. The second kappa shape index (κ2) is 5.30. The average molecular weight is 223 g/mol. The van der Waals surface area contributed by atoms with Crippen LogP contribution in [0.15, 0.2) is 18.2 Å². The molecular formula is C13H18FNO. The molecule has 88 valence electrons. The quantitative estimate of drug-likeness (QED) is 0.850. The number of nitrogens with one attached hydrogen (secondary N) is 1. The van der Waals surface area contributed by atoms with E-state index in [0.717, 1.165) is 18.5 Å². The third-order valence-electron chi connectivity index (χ3n) is 3.11. The SMILES string of the molecule is COc1ccc(C[C@H]2CCCCN2)cc1F. The average Bonchev–Trinajstić information content (AvgIpc) is 2.31. The first kappa shape index (κ1) is 11.4. The van der Waals surface area contributed by atoms with E-state index >= 15 is 0 Å². The molecule has 0 amide bonds. The Morgan fingerprint density at radius 1 is 1.44 bits per heavy atom. The van der Waals surface area contributed by atoms with Crippen molar-refractivity contribution in [2.45, 2.75) is 31.7 Å². The summed E-state index contributed by atoms with van der Waals surface area (Å²) in [5, 5.41) is 3.46. The molecule has 1 aromatic carbocycles. The molecule has 1 N–H and O–H groups in total. The zero-order valence-electron chi connectivity index (χ0n) is 9.63. The molecule has 0 saturated carbocycles. The van der Waals surface area contributed by atoms with Gasteiger partial charge in [-0.15, -0.1) is 0 Å². The highest BCUT2D eigenvalue weighted by Crippen LogP contribution is 2.20. The van der Waals surface area contributed by atoms with E-state index in [2.05, 4.69) is 5.32 Å². The Bertz CT molecular complexity index is 348. The minimum atomic E-state index is -0.268. The molecule has 0 aromatic heterocycles. The van der Waals surface area contributed by atoms with Crippen molar-refractivity contribution >= 4 is 0 Å². The van der Waals surface area contributed by atoms with Crippen LogP contribution in [0.1, 0.15) is 24.8 Å². The van der Waals surface area contributed by atoms with E-state index in [0.29, 0.717) is 11.8 Å². The van der Waals surface area contributed by atoms with Crippen LogP contribution in [0.4, 0.5) is 4.39 Å². The lowest BCUT2D eigenvalue weighted by molar-refractivity contribution is 0.383. The Hall–Kier alpha value is -1.09. The Morgan fingerprint density at radius 2 is 2.31 bits per heavy atom. The van der Waals surface area contributed by atoms with Gasteiger partial charge in [-0.2, -0.15) is 0 Å². The van der Waals surface area contributed by atoms with Gasteiger partial charge in [0.15, 0.2) is 11.6 Å². The van der Waals surface area contributed by atoms with Crippen LogP contribution in [0.5, 0.6) is 5.75 Å². The highest BCUT2D eigenvalue weighted by Gasteiger charge is 2.13. The van der Waals surface area contributed by atoms with E-state index in [9.17, 15) is 4.39 Å². The number of ether oxygens (including phenoxy) is 1. The zero-order chi connectivity index (χ0) is 11.4. The molecule has 0 unspecified atom stereocenters. The van der Waals surface area contributed by atoms with E-state index in [-0.39, 0.29) is 5.82 Å². The predicted molar refractivity (Wildman–Crippen MR) is 62.3 cm³/mol. The first-order chi connectivity index (χ1) is 7.79. The number of rotatable bonds is 3. The first-order valence-electron chi connectivity index (χ1n) is 5.85. The fraction of sp³-hybridized carbons (Fsp3) is 0.538. The van der Waals surface area contributed by atoms with Gasteiger partial charge < -0.3 is 10.1 Å². The summed E-state index contributed by atoms with van der Waals surface area (Å²) in [6.45, 7) is 1.09. The van der Waals surface area contributed by atoms with E-state index in [1.165, 1.54) is 26.4 Å². The first-order valence-corrected chi connectivity index (χ1v) is 5.85. The van der Waals surface area contributed by atoms with Crippen LogP contribution < -0.4 is 10.1 Å². The van der Waals surface area contributed by atoms with Crippen molar-refractivity contribution in [3.63, 3.8) is 0 Å². The topological polar surface area (TPSA) is 21.3 Å². The molecule has 1 aliphatic heterocycles. The Kier molecular flexibility index (Phi) is 3.78. The fourth-order valence-electron chi connectivity index (χ4n) is 2.22. The van der Waals surface area contributed by atoms with Crippen molar-refractivity contribution in [3.05, 3.63) is 29.6 Å². The van der Waals surface area contributed by atoms with E-state index in [1.54, 1.807) is 12.1 Å². The van der Waals surface area contributed by atoms with Gasteiger partial charge in [0.2, 0.25) is 0 Å². The van der Waals surface area contributed by atoms with Crippen LogP contribution in [-0.2, 0) is 6.42 Å². The van der Waals surface area contributed by atoms with Gasteiger partial charge in [0.25, 0.3) is 0 Å². The molecule has 0 spiro atoms. The van der Waals surface area contributed by atoms with Gasteiger partial charge in [-0.25, -0.2) is 4.39 Å². The summed E-state index contributed by atoms with van der Waals surface area (Å²) in [7, 11) is 1.49. The van der Waals surface area contributed by atoms with Crippen LogP contribution >= 0.6 is 0 Å². The van der Waals surface area contributed by atoms with Crippen molar-refractivity contribution in [2.75, 3.05) is 13.7 Å². The van der Waals surface area contributed by atoms with Crippen LogP contribution in [0.3, 0.4) is 0 Å². The minimum Gasteiger partial charge on any atom is -0.494 e. The second-order valence-corrected chi connectivity index (χ2v) is 4.32. The van der Waals surface area contributed by atoms with Gasteiger partial charge in [-0.1, -0.05) is 12.5 Å². The summed E-state index contributed by atoms with van der Waals surface area (Å²) in [5.74, 6) is 0.0520. The van der Waals surface area contributed by atoms with Gasteiger partial charge in [0.1, 0.15) is 0 Å². The molecule has 1 atom stereocenters. The molecule has 1 aromatic rings. The van der Waals surface area contributed by atoms with Crippen molar-refractivity contribution in [2.24, 2.45) is 0 Å². The number of benzene rings is 1. The van der Waals surface area contributed by atoms with Crippen molar-refractivity contribution in [3.8, 4) is 5.75 Å². The Balaban J connectivity index is 2.01. The second-order valence-electron chi connectivity index (χ2n) is 4.32. The highest BCUT2D eigenvalue weighted by molar-refractivity contribution is 5.29. The maximum absolute atomic E-state index is 13.5. The molecule has 1 saturated heterocycles. The van der Waals surface area contributed by atoms with Crippen LogP contribution in [-0.4, -0.2) is 19.7 Å². The highest BCUT2D eigenvalue weighted by atomic mass is 19.1. The van der Waals surface area contributed by atoms with Gasteiger partial charge in [0, 0.05) is 6.04 Å². The zero-order valence-corrected chi connectivity index (χ0v) is 9.63. The molecule has 1 heterocycles. The number of halogens is 1. The molecule has 3 heteroatoms. The lowest BCUT2D eigenvalue weighted by atomic mass is 9.98. The number of methoxy groups -OCH3 is 1. The van der Waals surface area contributed by atoms with Crippen molar-refractivity contribution in [1.82, 2.24) is 5.32 Å². The van der Waals surface area contributed by atoms with Gasteiger partial charge in [-0.05, 0) is 43.5 Å². The molecule has 2 rings (SSSR count). The summed E-state index contributed by atoms with van der Waals surface area (Å²) >= 11 is 0. The largest absolute Gasteiger partial charge is 0.494 e. The Labute approximate surface area is 95.8 Å². The molecule has 2 nitrogen and oxygen atoms in total. The number of hydrogen-bond acceptors (Lipinski definition) is 2. The molecular weight excluding hydrogens is 205 g/mol. The number of piperidine rings is 1. The molecule has 0 aliphatic carbocycles. The number of hydrogen-bond donors (Lipinski definition) is 1. The smallest absolute Gasteiger partial charge is 0.165 e. The normalized spacial score (nSPS) is 20.8. The maximum atomic E-state index is 13.5. The maximum Gasteiger partial charge on any atom is 0.165 e. The standard InChI is InChI=1S/C13H18FNO/c1-16-13-6-5-10(9-12(13)14)8-11-4-2-3-7-15-11/h5-6,9,11,15H,2-4,7-8H2,1H3/t11-/m1/s1. The van der Waals surface area contributed by atoms with E-state index in [4.69, 9.17) is 4.74 Å². The molecule has 1 fully saturated rings. The summed E-state index contributed by atoms with van der Waals surface area (Å²) in [5.41, 5.74) is 1.04. The Morgan fingerprint density at radius 3 is 2.94 bits per heavy atom. The van der Waals surface area contributed by atoms with Crippen molar-refractivity contribution in [1.29, 1.82) is 0 Å². The lowest BCUT2D eigenvalue weighted by Gasteiger charge is -2.23. The molecule has 0 radical (unpaired) electrons. The van der Waals surface area contributed by atoms with Crippen molar-refractivity contribution < 1.29 is 9.13 Å². The van der Waals surface area contributed by atoms with Gasteiger partial charge in [0.05, 0.1) is 7.11 Å². The summed E-state index contributed by atoms with van der Waals surface area (Å²) in [6, 6.07) is 5.72. The van der Waals surface area contributed by atoms with Crippen LogP contribution in [0.2, 0.25) is 0 Å². The van der Waals surface area contributed by atoms with E-state index < -0.39 is 0 Å². The van der Waals surface area contributed by atoms with E-state index in [1.807, 2.05) is 6.07 Å². The molecule has 1 aliphatic rings. The third kappa shape index (κ3) is 2.73. The van der Waals surface area contributed by atoms with Gasteiger partial charge >= 0.3 is 0 Å². The monoisotopic (exact) mass is 223 g/mol. The molecule has 16 heavy (non-hydrogen) atoms. The summed E-state index contributed by atoms with van der Waals surface area (Å²) < 4.78 is 18.4. The molecule has 0 bridgehead atoms. The predicted octanol–water partition coefficient (Wildman–Crippen LogP) is 2.52.